The smallest absolute Gasteiger partial charge is 0.230 e. The van der Waals surface area contributed by atoms with Crippen LogP contribution < -0.4 is 10.2 Å². The molecular formula is C21H28N2O4. The van der Waals surface area contributed by atoms with Gasteiger partial charge in [0.05, 0.1) is 31.8 Å². The van der Waals surface area contributed by atoms with Gasteiger partial charge in [0, 0.05) is 24.7 Å². The van der Waals surface area contributed by atoms with E-state index in [9.17, 15) is 9.59 Å². The zero-order valence-electron chi connectivity index (χ0n) is 15.7. The van der Waals surface area contributed by atoms with Gasteiger partial charge in [0.15, 0.2) is 0 Å². The van der Waals surface area contributed by atoms with Crippen molar-refractivity contribution in [1.29, 1.82) is 0 Å². The molecule has 0 unspecified atom stereocenters. The van der Waals surface area contributed by atoms with Gasteiger partial charge in [-0.3, -0.25) is 9.59 Å². The molecule has 2 heterocycles. The minimum absolute atomic E-state index is 0.0188. The third-order valence-electron chi connectivity index (χ3n) is 5.96. The third-order valence-corrected chi connectivity index (χ3v) is 5.96. The molecule has 0 bridgehead atoms. The summed E-state index contributed by atoms with van der Waals surface area (Å²) in [5.41, 5.74) is 2.23. The number of para-hydroxylation sites is 1. The van der Waals surface area contributed by atoms with Crippen molar-refractivity contribution in [2.24, 2.45) is 11.8 Å². The van der Waals surface area contributed by atoms with Crippen molar-refractivity contribution in [2.75, 3.05) is 37.8 Å². The molecule has 1 aromatic carbocycles. The Kier molecular flexibility index (Phi) is 5.74. The quantitative estimate of drug-likeness (QED) is 0.877. The number of carbonyl (C=O) groups excluding carboxylic acids is 2. The Morgan fingerprint density at radius 3 is 2.74 bits per heavy atom. The van der Waals surface area contributed by atoms with Crippen molar-refractivity contribution in [2.45, 2.75) is 38.2 Å². The van der Waals surface area contributed by atoms with E-state index in [2.05, 4.69) is 11.4 Å². The van der Waals surface area contributed by atoms with Crippen molar-refractivity contribution in [1.82, 2.24) is 5.32 Å². The average molecular weight is 372 g/mol. The first kappa shape index (κ1) is 18.4. The predicted octanol–water partition coefficient (Wildman–Crippen LogP) is 1.91. The van der Waals surface area contributed by atoms with Crippen LogP contribution in [0.2, 0.25) is 0 Å². The minimum atomic E-state index is -0.247. The van der Waals surface area contributed by atoms with Crippen molar-refractivity contribution >= 4 is 17.5 Å². The van der Waals surface area contributed by atoms with E-state index >= 15 is 0 Å². The summed E-state index contributed by atoms with van der Waals surface area (Å²) in [6.07, 6.45) is 4.38. The van der Waals surface area contributed by atoms with Crippen LogP contribution in [0.25, 0.3) is 0 Å². The van der Waals surface area contributed by atoms with Crippen LogP contribution in [0.3, 0.4) is 0 Å². The Morgan fingerprint density at radius 2 is 1.93 bits per heavy atom. The van der Waals surface area contributed by atoms with Crippen LogP contribution in [0.1, 0.15) is 31.2 Å². The van der Waals surface area contributed by atoms with E-state index in [1.807, 2.05) is 23.1 Å². The molecule has 27 heavy (non-hydrogen) atoms. The molecule has 4 rings (SSSR count). The lowest BCUT2D eigenvalue weighted by Crippen LogP contribution is -2.47. The molecule has 2 amide bonds. The van der Waals surface area contributed by atoms with E-state index < -0.39 is 0 Å². The van der Waals surface area contributed by atoms with Gasteiger partial charge in [-0.15, -0.1) is 0 Å². The SMILES string of the molecule is O=C(NC[C@@H]1COCCO1)[C@@H]1CCCC[C@@H]1C(=O)N1CCc2ccccc21. The molecule has 1 N–H and O–H groups in total. The lowest BCUT2D eigenvalue weighted by molar-refractivity contribution is -0.136. The van der Waals surface area contributed by atoms with Gasteiger partial charge in [-0.25, -0.2) is 0 Å². The molecule has 1 saturated heterocycles. The normalized spacial score (nSPS) is 27.9. The number of hydrogen-bond donors (Lipinski definition) is 1. The van der Waals surface area contributed by atoms with Crippen molar-refractivity contribution in [3.05, 3.63) is 29.8 Å². The average Bonchev–Trinajstić information content (AvgIpc) is 3.16. The minimum Gasteiger partial charge on any atom is -0.376 e. The number of anilines is 1. The van der Waals surface area contributed by atoms with Crippen molar-refractivity contribution < 1.29 is 19.1 Å². The number of rotatable bonds is 4. The van der Waals surface area contributed by atoms with Crippen molar-refractivity contribution in [3.8, 4) is 0 Å². The van der Waals surface area contributed by atoms with Gasteiger partial charge in [-0.2, -0.15) is 0 Å². The van der Waals surface area contributed by atoms with Crippen LogP contribution in [0.5, 0.6) is 0 Å². The molecule has 3 atom stereocenters. The van der Waals surface area contributed by atoms with Gasteiger partial charge in [-0.05, 0) is 30.9 Å². The predicted molar refractivity (Wildman–Crippen MR) is 102 cm³/mol. The highest BCUT2D eigenvalue weighted by atomic mass is 16.6. The highest BCUT2D eigenvalue weighted by Crippen LogP contribution is 2.35. The van der Waals surface area contributed by atoms with Crippen LogP contribution in [0.15, 0.2) is 24.3 Å². The topological polar surface area (TPSA) is 67.9 Å². The van der Waals surface area contributed by atoms with E-state index in [1.165, 1.54) is 5.56 Å². The second-order valence-corrected chi connectivity index (χ2v) is 7.68. The van der Waals surface area contributed by atoms with Crippen LogP contribution in [-0.2, 0) is 25.5 Å². The first-order chi connectivity index (χ1) is 13.2. The highest BCUT2D eigenvalue weighted by molar-refractivity contribution is 5.99. The van der Waals surface area contributed by atoms with Gasteiger partial charge in [0.25, 0.3) is 0 Å². The van der Waals surface area contributed by atoms with Crippen molar-refractivity contribution in [3.63, 3.8) is 0 Å². The fourth-order valence-electron chi connectivity index (χ4n) is 4.51. The Balaban J connectivity index is 1.41. The molecule has 0 spiro atoms. The molecule has 3 aliphatic rings. The van der Waals surface area contributed by atoms with E-state index in [0.29, 0.717) is 26.4 Å². The molecule has 1 saturated carbocycles. The molecule has 2 fully saturated rings. The van der Waals surface area contributed by atoms with Gasteiger partial charge >= 0.3 is 0 Å². The summed E-state index contributed by atoms with van der Waals surface area (Å²) >= 11 is 0. The molecule has 6 heteroatoms. The monoisotopic (exact) mass is 372 g/mol. The third kappa shape index (κ3) is 4.01. The van der Waals surface area contributed by atoms with Gasteiger partial charge < -0.3 is 19.7 Å². The number of amides is 2. The van der Waals surface area contributed by atoms with E-state index in [-0.39, 0.29) is 29.8 Å². The summed E-state index contributed by atoms with van der Waals surface area (Å²) in [4.78, 5) is 28.0. The number of carbonyl (C=O) groups is 2. The number of benzene rings is 1. The summed E-state index contributed by atoms with van der Waals surface area (Å²) in [5, 5.41) is 3.00. The molecule has 0 radical (unpaired) electrons. The fourth-order valence-corrected chi connectivity index (χ4v) is 4.51. The molecule has 1 aliphatic carbocycles. The Hall–Kier alpha value is -1.92. The van der Waals surface area contributed by atoms with E-state index in [0.717, 1.165) is 44.3 Å². The molecule has 2 aliphatic heterocycles. The van der Waals surface area contributed by atoms with Crippen LogP contribution in [0, 0.1) is 11.8 Å². The lowest BCUT2D eigenvalue weighted by atomic mass is 9.77. The maximum absolute atomic E-state index is 13.3. The Bertz CT molecular complexity index is 687. The maximum Gasteiger partial charge on any atom is 0.230 e. The van der Waals surface area contributed by atoms with Crippen LogP contribution in [-0.4, -0.2) is 50.8 Å². The Labute approximate surface area is 160 Å². The maximum atomic E-state index is 13.3. The van der Waals surface area contributed by atoms with Gasteiger partial charge in [0.1, 0.15) is 0 Å². The zero-order chi connectivity index (χ0) is 18.6. The summed E-state index contributed by atoms with van der Waals surface area (Å²) in [6.45, 7) is 2.86. The lowest BCUT2D eigenvalue weighted by Gasteiger charge is -2.33. The van der Waals surface area contributed by atoms with Crippen LogP contribution in [0.4, 0.5) is 5.69 Å². The molecular weight excluding hydrogens is 344 g/mol. The fraction of sp³-hybridized carbons (Fsp3) is 0.619. The van der Waals surface area contributed by atoms with E-state index in [4.69, 9.17) is 9.47 Å². The van der Waals surface area contributed by atoms with Gasteiger partial charge in [0.2, 0.25) is 11.8 Å². The highest BCUT2D eigenvalue weighted by Gasteiger charge is 2.39. The largest absolute Gasteiger partial charge is 0.376 e. The first-order valence-corrected chi connectivity index (χ1v) is 10.1. The first-order valence-electron chi connectivity index (χ1n) is 10.1. The second kappa shape index (κ2) is 8.40. The summed E-state index contributed by atoms with van der Waals surface area (Å²) in [7, 11) is 0. The standard InChI is InChI=1S/C21H28N2O4/c24-20(22-13-16-14-26-11-12-27-16)17-6-2-3-7-18(17)21(25)23-10-9-15-5-1-4-8-19(15)23/h1,4-5,8,16-18H,2-3,6-7,9-14H2,(H,22,24)/t16-,17-,18+/m1/s1. The number of nitrogens with zero attached hydrogens (tertiary/aromatic N) is 1. The Morgan fingerprint density at radius 1 is 1.11 bits per heavy atom. The zero-order valence-corrected chi connectivity index (χ0v) is 15.7. The van der Waals surface area contributed by atoms with Gasteiger partial charge in [-0.1, -0.05) is 31.0 Å². The number of hydrogen-bond acceptors (Lipinski definition) is 4. The molecule has 1 aromatic rings. The summed E-state index contributed by atoms with van der Waals surface area (Å²) < 4.78 is 11.0. The number of ether oxygens (including phenoxy) is 2. The summed E-state index contributed by atoms with van der Waals surface area (Å²) in [6, 6.07) is 8.08. The summed E-state index contributed by atoms with van der Waals surface area (Å²) in [5.74, 6) is -0.385. The molecule has 0 aromatic heterocycles. The number of fused-ring (bicyclic) bond motifs is 1. The molecule has 6 nitrogen and oxygen atoms in total. The molecule has 146 valence electrons. The van der Waals surface area contributed by atoms with E-state index in [1.54, 1.807) is 0 Å². The van der Waals surface area contributed by atoms with Crippen LogP contribution >= 0.6 is 0 Å². The number of nitrogens with one attached hydrogen (secondary N) is 1. The second-order valence-electron chi connectivity index (χ2n) is 7.68.